The van der Waals surface area contributed by atoms with Crippen LogP contribution in [0.1, 0.15) is 35.0 Å². The van der Waals surface area contributed by atoms with Crippen LogP contribution in [0.2, 0.25) is 4.34 Å². The number of rotatable bonds is 7. The summed E-state index contributed by atoms with van der Waals surface area (Å²) < 4.78 is 6.20. The Labute approximate surface area is 211 Å². The molecule has 0 aliphatic carbocycles. The summed E-state index contributed by atoms with van der Waals surface area (Å²) in [7, 11) is 0. The van der Waals surface area contributed by atoms with Crippen molar-refractivity contribution in [2.24, 2.45) is 0 Å². The highest BCUT2D eigenvalue weighted by atomic mass is 35.5. The van der Waals surface area contributed by atoms with E-state index < -0.39 is 0 Å². The zero-order valence-electron chi connectivity index (χ0n) is 19.4. The monoisotopic (exact) mass is 488 g/mol. The van der Waals surface area contributed by atoms with E-state index in [0.717, 1.165) is 59.9 Å². The maximum absolute atomic E-state index is 6.85. The topological polar surface area (TPSA) is 25.4 Å². The number of ether oxygens (including phenoxy) is 1. The van der Waals surface area contributed by atoms with Crippen LogP contribution in [0, 0.1) is 0 Å². The van der Waals surface area contributed by atoms with E-state index in [9.17, 15) is 0 Å². The SMILES string of the molecule is CCC(c1ccccc1)(c1ccccc1)c1nc(-c2ccc(CN3CCOCC3)cc2)c(Cl)s1. The van der Waals surface area contributed by atoms with E-state index in [1.807, 2.05) is 0 Å². The molecule has 0 bridgehead atoms. The van der Waals surface area contributed by atoms with Gasteiger partial charge in [-0.2, -0.15) is 0 Å². The molecule has 0 radical (unpaired) electrons. The maximum atomic E-state index is 6.85. The molecule has 1 aliphatic heterocycles. The molecule has 1 fully saturated rings. The number of hydrogen-bond acceptors (Lipinski definition) is 4. The molecule has 34 heavy (non-hydrogen) atoms. The van der Waals surface area contributed by atoms with Crippen LogP contribution in [-0.4, -0.2) is 36.2 Å². The molecule has 5 rings (SSSR count). The standard InChI is InChI=1S/C29H29ClN2OS/c1-2-29(24-9-5-3-6-10-24,25-11-7-4-8-12-25)28-31-26(27(30)34-28)23-15-13-22(14-16-23)21-32-17-19-33-20-18-32/h3-16H,2,17-21H2,1H3. The maximum Gasteiger partial charge on any atom is 0.121 e. The number of morpholine rings is 1. The lowest BCUT2D eigenvalue weighted by molar-refractivity contribution is 0.0342. The first-order valence-corrected chi connectivity index (χ1v) is 13.1. The molecule has 2 heterocycles. The number of aromatic nitrogens is 1. The minimum Gasteiger partial charge on any atom is -0.379 e. The summed E-state index contributed by atoms with van der Waals surface area (Å²) in [4.78, 5) is 7.61. The summed E-state index contributed by atoms with van der Waals surface area (Å²) in [5.41, 5.74) is 5.36. The lowest BCUT2D eigenvalue weighted by atomic mass is 9.73. The highest BCUT2D eigenvalue weighted by Gasteiger charge is 2.38. The van der Waals surface area contributed by atoms with E-state index in [-0.39, 0.29) is 5.41 Å². The Morgan fingerprint density at radius 2 is 1.47 bits per heavy atom. The van der Waals surface area contributed by atoms with Crippen molar-refractivity contribution in [2.75, 3.05) is 26.3 Å². The second kappa shape index (κ2) is 10.4. The third-order valence-corrected chi connectivity index (χ3v) is 8.17. The van der Waals surface area contributed by atoms with Crippen molar-refractivity contribution < 1.29 is 4.74 Å². The molecule has 0 amide bonds. The average molecular weight is 489 g/mol. The van der Waals surface area contributed by atoms with Gasteiger partial charge >= 0.3 is 0 Å². The van der Waals surface area contributed by atoms with Crippen molar-refractivity contribution in [1.29, 1.82) is 0 Å². The molecule has 0 saturated carbocycles. The summed E-state index contributed by atoms with van der Waals surface area (Å²) >= 11 is 8.44. The number of nitrogens with zero attached hydrogens (tertiary/aromatic N) is 2. The summed E-state index contributed by atoms with van der Waals surface area (Å²) in [6.45, 7) is 6.78. The first kappa shape index (κ1) is 23.3. The van der Waals surface area contributed by atoms with Crippen LogP contribution in [0.25, 0.3) is 11.3 Å². The van der Waals surface area contributed by atoms with Gasteiger partial charge in [-0.25, -0.2) is 4.98 Å². The number of hydrogen-bond donors (Lipinski definition) is 0. The predicted molar refractivity (Wildman–Crippen MR) is 142 cm³/mol. The van der Waals surface area contributed by atoms with Crippen LogP contribution < -0.4 is 0 Å². The van der Waals surface area contributed by atoms with Crippen molar-refractivity contribution in [3.8, 4) is 11.3 Å². The molecular formula is C29H29ClN2OS. The minimum absolute atomic E-state index is 0.342. The number of thiazole rings is 1. The van der Waals surface area contributed by atoms with Crippen LogP contribution in [0.4, 0.5) is 0 Å². The second-order valence-corrected chi connectivity index (χ2v) is 10.3. The molecule has 1 saturated heterocycles. The molecule has 174 valence electrons. The lowest BCUT2D eigenvalue weighted by Gasteiger charge is -2.32. The van der Waals surface area contributed by atoms with Crippen molar-refractivity contribution >= 4 is 22.9 Å². The highest BCUT2D eigenvalue weighted by molar-refractivity contribution is 7.16. The Balaban J connectivity index is 1.51. The Kier molecular flexibility index (Phi) is 7.12. The van der Waals surface area contributed by atoms with Crippen LogP contribution >= 0.6 is 22.9 Å². The molecule has 0 N–H and O–H groups in total. The molecule has 0 unspecified atom stereocenters. The van der Waals surface area contributed by atoms with Gasteiger partial charge in [0.15, 0.2) is 0 Å². The van der Waals surface area contributed by atoms with Crippen LogP contribution in [-0.2, 0) is 16.7 Å². The summed E-state index contributed by atoms with van der Waals surface area (Å²) in [6.07, 6.45) is 0.892. The van der Waals surface area contributed by atoms with Crippen molar-refractivity contribution in [3.05, 3.63) is 111 Å². The van der Waals surface area contributed by atoms with Crippen molar-refractivity contribution in [2.45, 2.75) is 25.3 Å². The van der Waals surface area contributed by atoms with E-state index in [1.165, 1.54) is 16.7 Å². The summed E-state index contributed by atoms with van der Waals surface area (Å²) in [5.74, 6) is 0. The normalized spacial score (nSPS) is 14.9. The minimum atomic E-state index is -0.342. The fourth-order valence-electron chi connectivity index (χ4n) is 4.87. The molecule has 0 atom stereocenters. The Morgan fingerprint density at radius 1 is 0.882 bits per heavy atom. The summed E-state index contributed by atoms with van der Waals surface area (Å²) in [5, 5.41) is 1.03. The smallest absolute Gasteiger partial charge is 0.121 e. The van der Waals surface area contributed by atoms with Gasteiger partial charge in [-0.05, 0) is 23.1 Å². The highest BCUT2D eigenvalue weighted by Crippen LogP contribution is 2.46. The first-order chi connectivity index (χ1) is 16.7. The van der Waals surface area contributed by atoms with Gasteiger partial charge in [0.1, 0.15) is 15.0 Å². The van der Waals surface area contributed by atoms with Crippen LogP contribution in [0.3, 0.4) is 0 Å². The molecular weight excluding hydrogens is 460 g/mol. The van der Waals surface area contributed by atoms with Gasteiger partial charge in [-0.15, -0.1) is 11.3 Å². The van der Waals surface area contributed by atoms with Crippen molar-refractivity contribution in [1.82, 2.24) is 9.88 Å². The molecule has 0 spiro atoms. The molecule has 3 aromatic carbocycles. The quantitative estimate of drug-likeness (QED) is 0.279. The summed E-state index contributed by atoms with van der Waals surface area (Å²) in [6, 6.07) is 30.0. The van der Waals surface area contributed by atoms with E-state index in [4.69, 9.17) is 21.3 Å². The number of halogens is 1. The van der Waals surface area contributed by atoms with E-state index in [2.05, 4.69) is 96.8 Å². The third kappa shape index (κ3) is 4.56. The fraction of sp³-hybridized carbons (Fsp3) is 0.276. The zero-order chi connectivity index (χ0) is 23.4. The van der Waals surface area contributed by atoms with E-state index in [0.29, 0.717) is 0 Å². The largest absolute Gasteiger partial charge is 0.379 e. The van der Waals surface area contributed by atoms with Gasteiger partial charge in [0, 0.05) is 25.2 Å². The predicted octanol–water partition coefficient (Wildman–Crippen LogP) is 7.04. The van der Waals surface area contributed by atoms with Crippen molar-refractivity contribution in [3.63, 3.8) is 0 Å². The van der Waals surface area contributed by atoms with E-state index >= 15 is 0 Å². The van der Waals surface area contributed by atoms with E-state index in [1.54, 1.807) is 11.3 Å². The average Bonchev–Trinajstić information content (AvgIpc) is 3.29. The zero-order valence-corrected chi connectivity index (χ0v) is 21.0. The lowest BCUT2D eigenvalue weighted by Crippen LogP contribution is -2.35. The fourth-order valence-corrected chi connectivity index (χ4v) is 6.36. The molecule has 3 nitrogen and oxygen atoms in total. The third-order valence-electron chi connectivity index (χ3n) is 6.75. The Morgan fingerprint density at radius 3 is 2.03 bits per heavy atom. The van der Waals surface area contributed by atoms with Gasteiger partial charge in [-0.3, -0.25) is 4.90 Å². The molecule has 1 aliphatic rings. The van der Waals surface area contributed by atoms with Gasteiger partial charge in [0.05, 0.1) is 18.6 Å². The molecule has 5 heteroatoms. The van der Waals surface area contributed by atoms with Gasteiger partial charge in [0.2, 0.25) is 0 Å². The number of benzene rings is 3. The van der Waals surface area contributed by atoms with Crippen LogP contribution in [0.5, 0.6) is 0 Å². The Bertz CT molecular complexity index is 1160. The second-order valence-electron chi connectivity index (χ2n) is 8.72. The van der Waals surface area contributed by atoms with Gasteiger partial charge < -0.3 is 4.74 Å². The molecule has 4 aromatic rings. The van der Waals surface area contributed by atoms with Crippen LogP contribution in [0.15, 0.2) is 84.9 Å². The first-order valence-electron chi connectivity index (χ1n) is 11.9. The molecule has 1 aromatic heterocycles. The van der Waals surface area contributed by atoms with Gasteiger partial charge in [0.25, 0.3) is 0 Å². The Hall–Kier alpha value is -2.50. The van der Waals surface area contributed by atoms with Gasteiger partial charge in [-0.1, -0.05) is 103 Å².